The minimum Gasteiger partial charge on any atom is -0.436 e. The molecule has 0 N–H and O–H groups in total. The molecule has 0 spiro atoms. The van der Waals surface area contributed by atoms with Crippen LogP contribution in [0.1, 0.15) is 0 Å². The SMILES string of the molecule is c1ccc(-n2c3ccccc3c3cc(-c4ccc5c(c4)n(-c4ccccc4)c4nc6oc7ccccc7c6n54)ccc32)cc1. The Morgan fingerprint density at radius 3 is 1.86 bits per heavy atom. The summed E-state index contributed by atoms with van der Waals surface area (Å²) in [5, 5.41) is 3.54. The number of fused-ring (bicyclic) bond motifs is 10. The van der Waals surface area contributed by atoms with Crippen molar-refractivity contribution in [3.8, 4) is 22.5 Å². The highest BCUT2D eigenvalue weighted by Crippen LogP contribution is 2.38. The minimum absolute atomic E-state index is 0.650. The zero-order chi connectivity index (χ0) is 28.8. The molecule has 0 atom stereocenters. The van der Waals surface area contributed by atoms with Crippen molar-refractivity contribution in [1.29, 1.82) is 0 Å². The highest BCUT2D eigenvalue weighted by atomic mass is 16.3. The van der Waals surface area contributed by atoms with Crippen molar-refractivity contribution in [2.45, 2.75) is 0 Å². The fourth-order valence-electron chi connectivity index (χ4n) is 6.95. The topological polar surface area (TPSA) is 40.3 Å². The summed E-state index contributed by atoms with van der Waals surface area (Å²) in [5.74, 6) is 0.837. The molecule has 0 aliphatic rings. The van der Waals surface area contributed by atoms with Gasteiger partial charge in [0, 0.05) is 27.5 Å². The van der Waals surface area contributed by atoms with E-state index in [1.165, 1.54) is 27.4 Å². The lowest BCUT2D eigenvalue weighted by Gasteiger charge is -2.09. The predicted octanol–water partition coefficient (Wildman–Crippen LogP) is 9.94. The number of aromatic nitrogens is 4. The molecule has 4 heterocycles. The van der Waals surface area contributed by atoms with E-state index in [9.17, 15) is 0 Å². The molecule has 5 nitrogen and oxygen atoms in total. The largest absolute Gasteiger partial charge is 0.436 e. The first-order valence-corrected chi connectivity index (χ1v) is 14.8. The molecule has 0 bridgehead atoms. The van der Waals surface area contributed by atoms with E-state index in [-0.39, 0.29) is 0 Å². The second kappa shape index (κ2) is 8.72. The van der Waals surface area contributed by atoms with Gasteiger partial charge in [0.15, 0.2) is 0 Å². The number of furan rings is 1. The number of hydrogen-bond acceptors (Lipinski definition) is 2. The molecule has 6 aromatic carbocycles. The zero-order valence-corrected chi connectivity index (χ0v) is 23.6. The molecule has 0 radical (unpaired) electrons. The number of rotatable bonds is 3. The third kappa shape index (κ3) is 3.15. The molecule has 10 aromatic rings. The fraction of sp³-hybridized carbons (Fsp3) is 0. The quantitative estimate of drug-likeness (QED) is 0.214. The van der Waals surface area contributed by atoms with Gasteiger partial charge in [-0.3, -0.25) is 8.97 Å². The summed E-state index contributed by atoms with van der Waals surface area (Å²) in [6, 6.07) is 51.4. The molecule has 0 amide bonds. The third-order valence-corrected chi connectivity index (χ3v) is 8.87. The van der Waals surface area contributed by atoms with Crippen LogP contribution in [0, 0.1) is 0 Å². The molecule has 0 fully saturated rings. The van der Waals surface area contributed by atoms with Crippen LogP contribution in [0.25, 0.3) is 83.3 Å². The van der Waals surface area contributed by atoms with Crippen molar-refractivity contribution in [3.63, 3.8) is 0 Å². The van der Waals surface area contributed by atoms with E-state index in [1.807, 2.05) is 18.2 Å². The fourth-order valence-corrected chi connectivity index (χ4v) is 6.95. The molecule has 206 valence electrons. The Balaban J connectivity index is 1.25. The van der Waals surface area contributed by atoms with Gasteiger partial charge in [-0.1, -0.05) is 78.9 Å². The molecule has 4 aromatic heterocycles. The van der Waals surface area contributed by atoms with E-state index in [1.54, 1.807) is 0 Å². The standard InChI is InChI=1S/C39H24N4O/c1-3-11-27(12-4-1)41-32-17-9-7-15-29(32)31-23-25(19-21-33(31)41)26-20-22-34-35(24-26)42(28-13-5-2-6-14-28)39-40-38-37(43(34)39)30-16-8-10-18-36(30)44-38/h1-24H. The van der Waals surface area contributed by atoms with Gasteiger partial charge in [-0.15, -0.1) is 0 Å². The highest BCUT2D eigenvalue weighted by Gasteiger charge is 2.22. The van der Waals surface area contributed by atoms with Crippen molar-refractivity contribution >= 4 is 60.8 Å². The van der Waals surface area contributed by atoms with E-state index in [0.29, 0.717) is 5.71 Å². The number of benzene rings is 6. The summed E-state index contributed by atoms with van der Waals surface area (Å²) in [6.07, 6.45) is 0. The molecule has 0 saturated heterocycles. The summed E-state index contributed by atoms with van der Waals surface area (Å²) >= 11 is 0. The molecular formula is C39H24N4O. The Morgan fingerprint density at radius 1 is 0.455 bits per heavy atom. The van der Waals surface area contributed by atoms with E-state index in [4.69, 9.17) is 9.40 Å². The summed E-state index contributed by atoms with van der Waals surface area (Å²) in [7, 11) is 0. The lowest BCUT2D eigenvalue weighted by Crippen LogP contribution is -1.95. The van der Waals surface area contributed by atoms with Crippen LogP contribution >= 0.6 is 0 Å². The summed E-state index contributed by atoms with van der Waals surface area (Å²) in [5.41, 5.74) is 11.6. The van der Waals surface area contributed by atoms with Gasteiger partial charge in [-0.05, 0) is 77.9 Å². The highest BCUT2D eigenvalue weighted by molar-refractivity contribution is 6.11. The van der Waals surface area contributed by atoms with Gasteiger partial charge in [0.25, 0.3) is 0 Å². The van der Waals surface area contributed by atoms with Crippen molar-refractivity contribution in [1.82, 2.24) is 18.5 Å². The lowest BCUT2D eigenvalue weighted by atomic mass is 10.0. The first-order valence-electron chi connectivity index (χ1n) is 14.8. The molecule has 5 heteroatoms. The van der Waals surface area contributed by atoms with Crippen LogP contribution in [0.3, 0.4) is 0 Å². The molecular weight excluding hydrogens is 540 g/mol. The van der Waals surface area contributed by atoms with E-state index >= 15 is 0 Å². The molecule has 0 unspecified atom stereocenters. The second-order valence-corrected chi connectivity index (χ2v) is 11.3. The molecule has 10 rings (SSSR count). The van der Waals surface area contributed by atoms with Crippen molar-refractivity contribution in [2.75, 3.05) is 0 Å². The van der Waals surface area contributed by atoms with Gasteiger partial charge in [0.2, 0.25) is 11.5 Å². The summed E-state index contributed by atoms with van der Waals surface area (Å²) in [4.78, 5) is 5.03. The Labute approximate surface area is 251 Å². The molecule has 0 aliphatic carbocycles. The Kier molecular flexibility index (Phi) is 4.66. The smallest absolute Gasteiger partial charge is 0.248 e. The average molecular weight is 565 g/mol. The molecule has 44 heavy (non-hydrogen) atoms. The van der Waals surface area contributed by atoms with E-state index in [0.717, 1.165) is 50.2 Å². The van der Waals surface area contributed by atoms with Crippen LogP contribution < -0.4 is 0 Å². The van der Waals surface area contributed by atoms with Gasteiger partial charge in [0.1, 0.15) is 11.1 Å². The maximum Gasteiger partial charge on any atom is 0.248 e. The number of imidazole rings is 2. The normalized spacial score (nSPS) is 12.1. The average Bonchev–Trinajstić information content (AvgIpc) is 3.80. The van der Waals surface area contributed by atoms with Gasteiger partial charge >= 0.3 is 0 Å². The minimum atomic E-state index is 0.650. The van der Waals surface area contributed by atoms with Crippen LogP contribution in [0.4, 0.5) is 0 Å². The lowest BCUT2D eigenvalue weighted by molar-refractivity contribution is 0.656. The van der Waals surface area contributed by atoms with E-state index < -0.39 is 0 Å². The first kappa shape index (κ1) is 23.5. The van der Waals surface area contributed by atoms with Crippen LogP contribution in [0.2, 0.25) is 0 Å². The summed E-state index contributed by atoms with van der Waals surface area (Å²) in [6.45, 7) is 0. The maximum atomic E-state index is 6.19. The number of hydrogen-bond donors (Lipinski definition) is 0. The van der Waals surface area contributed by atoms with Gasteiger partial charge in [0.05, 0.1) is 22.1 Å². The molecule has 0 saturated carbocycles. The number of para-hydroxylation sites is 4. The second-order valence-electron chi connectivity index (χ2n) is 11.3. The zero-order valence-electron chi connectivity index (χ0n) is 23.6. The van der Waals surface area contributed by atoms with Crippen molar-refractivity contribution in [3.05, 3.63) is 146 Å². The number of nitrogens with zero attached hydrogens (tertiary/aromatic N) is 4. The first-order chi connectivity index (χ1) is 21.8. The Bertz CT molecular complexity index is 2710. The predicted molar refractivity (Wildman–Crippen MR) is 179 cm³/mol. The maximum absolute atomic E-state index is 6.19. The van der Waals surface area contributed by atoms with Gasteiger partial charge in [-0.25, -0.2) is 0 Å². The van der Waals surface area contributed by atoms with Crippen molar-refractivity contribution < 1.29 is 4.42 Å². The van der Waals surface area contributed by atoms with Crippen LogP contribution in [-0.2, 0) is 0 Å². The Hall–Kier alpha value is -6.07. The summed E-state index contributed by atoms with van der Waals surface area (Å²) < 4.78 is 13.0. The van der Waals surface area contributed by atoms with E-state index in [2.05, 4.69) is 141 Å². The van der Waals surface area contributed by atoms with Gasteiger partial charge < -0.3 is 8.98 Å². The third-order valence-electron chi connectivity index (χ3n) is 8.87. The van der Waals surface area contributed by atoms with Crippen molar-refractivity contribution in [2.24, 2.45) is 0 Å². The van der Waals surface area contributed by atoms with Crippen LogP contribution in [0.15, 0.2) is 150 Å². The monoisotopic (exact) mass is 564 g/mol. The molecule has 0 aliphatic heterocycles. The Morgan fingerprint density at radius 2 is 1.07 bits per heavy atom. The van der Waals surface area contributed by atoms with Crippen LogP contribution in [0.5, 0.6) is 0 Å². The van der Waals surface area contributed by atoms with Crippen LogP contribution in [-0.4, -0.2) is 18.5 Å². The van der Waals surface area contributed by atoms with Gasteiger partial charge in [-0.2, -0.15) is 4.98 Å².